The zero-order valence-electron chi connectivity index (χ0n) is 18.1. The van der Waals surface area contributed by atoms with Crippen LogP contribution in [0.1, 0.15) is 25.3 Å². The molecule has 0 aliphatic rings. The number of halogens is 2. The van der Waals surface area contributed by atoms with Crippen LogP contribution >= 0.6 is 11.6 Å². The van der Waals surface area contributed by atoms with Crippen LogP contribution in [0.25, 0.3) is 0 Å². The number of rotatable bonds is 11. The Bertz CT molecular complexity index is 1010. The first-order chi connectivity index (χ1) is 15.1. The van der Waals surface area contributed by atoms with Gasteiger partial charge in [0.05, 0.1) is 11.4 Å². The summed E-state index contributed by atoms with van der Waals surface area (Å²) in [5.41, 5.74) is 0.891. The minimum absolute atomic E-state index is 0.0136. The first-order valence-corrected chi connectivity index (χ1v) is 12.0. The minimum atomic E-state index is -3.77. The number of hydrogen-bond acceptors (Lipinski definition) is 4. The summed E-state index contributed by atoms with van der Waals surface area (Å²) in [5.74, 6) is -1.04. The third-order valence-corrected chi connectivity index (χ3v) is 6.98. The van der Waals surface area contributed by atoms with E-state index in [2.05, 4.69) is 5.32 Å². The van der Waals surface area contributed by atoms with Gasteiger partial charge in [0.25, 0.3) is 0 Å². The number of likely N-dealkylation sites (N-methyl/N-ethyl adjacent to an activating group) is 1. The molecule has 0 atom stereocenters. The van der Waals surface area contributed by atoms with Crippen molar-refractivity contribution in [2.75, 3.05) is 26.7 Å². The first-order valence-electron chi connectivity index (χ1n) is 10.1. The van der Waals surface area contributed by atoms with Crippen molar-refractivity contribution in [1.29, 1.82) is 0 Å². The summed E-state index contributed by atoms with van der Waals surface area (Å²) in [7, 11) is -2.36. The molecule has 0 spiro atoms. The smallest absolute Gasteiger partial charge is 0.242 e. The van der Waals surface area contributed by atoms with E-state index in [1.165, 1.54) is 24.1 Å². The second-order valence-electron chi connectivity index (χ2n) is 7.20. The predicted octanol–water partition coefficient (Wildman–Crippen LogP) is 3.04. The number of benzene rings is 2. The Morgan fingerprint density at radius 2 is 1.69 bits per heavy atom. The molecule has 0 aliphatic carbocycles. The Morgan fingerprint density at radius 1 is 1.06 bits per heavy atom. The zero-order valence-corrected chi connectivity index (χ0v) is 19.6. The van der Waals surface area contributed by atoms with Crippen LogP contribution in [0.5, 0.6) is 0 Å². The molecular weight excluding hydrogens is 457 g/mol. The van der Waals surface area contributed by atoms with Crippen LogP contribution < -0.4 is 5.32 Å². The standard InChI is InChI=1S/C22H27ClFN3O4S/c1-3-27(16-21(28)25-15-17-6-8-18(23)9-7-17)22(29)5-4-14-26(2)32(30,31)20-12-10-19(24)11-13-20/h6-13H,3-5,14-16H2,1-2H3,(H,25,28). The fourth-order valence-corrected chi connectivity index (χ4v) is 4.26. The topological polar surface area (TPSA) is 86.8 Å². The molecule has 1 N–H and O–H groups in total. The first kappa shape index (κ1) is 25.8. The number of carbonyl (C=O) groups is 2. The van der Waals surface area contributed by atoms with Crippen LogP contribution in [0.2, 0.25) is 5.02 Å². The van der Waals surface area contributed by atoms with Crippen LogP contribution in [0.4, 0.5) is 4.39 Å². The van der Waals surface area contributed by atoms with Gasteiger partial charge in [-0.25, -0.2) is 17.1 Å². The number of sulfonamides is 1. The minimum Gasteiger partial charge on any atom is -0.350 e. The van der Waals surface area contributed by atoms with E-state index in [-0.39, 0.29) is 36.2 Å². The van der Waals surface area contributed by atoms with Gasteiger partial charge < -0.3 is 10.2 Å². The fourth-order valence-electron chi connectivity index (χ4n) is 2.93. The molecule has 7 nitrogen and oxygen atoms in total. The number of carbonyl (C=O) groups excluding carboxylic acids is 2. The summed E-state index contributed by atoms with van der Waals surface area (Å²) < 4.78 is 39.2. The van der Waals surface area contributed by atoms with Crippen molar-refractivity contribution in [2.45, 2.75) is 31.2 Å². The molecule has 2 amide bonds. The van der Waals surface area contributed by atoms with Crippen LogP contribution in [-0.4, -0.2) is 56.1 Å². The maximum Gasteiger partial charge on any atom is 0.242 e. The Hall–Kier alpha value is -2.49. The van der Waals surface area contributed by atoms with Crippen molar-refractivity contribution in [2.24, 2.45) is 0 Å². The van der Waals surface area contributed by atoms with Crippen LogP contribution in [0, 0.1) is 5.82 Å². The molecule has 0 bridgehead atoms. The van der Waals surface area contributed by atoms with E-state index >= 15 is 0 Å². The maximum absolute atomic E-state index is 13.0. The molecule has 32 heavy (non-hydrogen) atoms. The quantitative estimate of drug-likeness (QED) is 0.532. The molecule has 0 heterocycles. The van der Waals surface area contributed by atoms with Crippen LogP contribution in [-0.2, 0) is 26.2 Å². The summed E-state index contributed by atoms with van der Waals surface area (Å²) in [4.78, 5) is 26.1. The molecule has 174 valence electrons. The van der Waals surface area contributed by atoms with Gasteiger partial charge >= 0.3 is 0 Å². The normalized spacial score (nSPS) is 11.4. The van der Waals surface area contributed by atoms with Crippen molar-refractivity contribution in [1.82, 2.24) is 14.5 Å². The van der Waals surface area contributed by atoms with Crippen molar-refractivity contribution in [3.05, 3.63) is 64.9 Å². The van der Waals surface area contributed by atoms with E-state index in [1.54, 1.807) is 19.1 Å². The molecule has 0 fully saturated rings. The van der Waals surface area contributed by atoms with E-state index in [9.17, 15) is 22.4 Å². The third kappa shape index (κ3) is 7.58. The SMILES string of the molecule is CCN(CC(=O)NCc1ccc(Cl)cc1)C(=O)CCCN(C)S(=O)(=O)c1ccc(F)cc1. The van der Waals surface area contributed by atoms with Gasteiger partial charge in [-0.2, -0.15) is 0 Å². The molecular formula is C22H27ClFN3O4S. The second-order valence-corrected chi connectivity index (χ2v) is 9.68. The molecule has 2 rings (SSSR count). The highest BCUT2D eigenvalue weighted by molar-refractivity contribution is 7.89. The van der Waals surface area contributed by atoms with Crippen molar-refractivity contribution in [3.63, 3.8) is 0 Å². The van der Waals surface area contributed by atoms with Gasteiger partial charge in [0.15, 0.2) is 0 Å². The molecule has 10 heteroatoms. The lowest BCUT2D eigenvalue weighted by Crippen LogP contribution is -2.40. The number of nitrogens with zero attached hydrogens (tertiary/aromatic N) is 2. The van der Waals surface area contributed by atoms with Gasteiger partial charge in [-0.1, -0.05) is 23.7 Å². The summed E-state index contributed by atoms with van der Waals surface area (Å²) in [6.45, 7) is 2.50. The monoisotopic (exact) mass is 483 g/mol. The lowest BCUT2D eigenvalue weighted by Gasteiger charge is -2.21. The highest BCUT2D eigenvalue weighted by Gasteiger charge is 2.21. The van der Waals surface area contributed by atoms with E-state index in [1.807, 2.05) is 12.1 Å². The Morgan fingerprint density at radius 3 is 2.28 bits per heavy atom. The number of hydrogen-bond donors (Lipinski definition) is 1. The van der Waals surface area contributed by atoms with Gasteiger partial charge in [0.2, 0.25) is 21.8 Å². The summed E-state index contributed by atoms with van der Waals surface area (Å²) in [5, 5.41) is 3.37. The van der Waals surface area contributed by atoms with Gasteiger partial charge in [-0.05, 0) is 55.3 Å². The summed E-state index contributed by atoms with van der Waals surface area (Å²) >= 11 is 5.84. The predicted molar refractivity (Wildman–Crippen MR) is 121 cm³/mol. The van der Waals surface area contributed by atoms with E-state index < -0.39 is 15.8 Å². The largest absolute Gasteiger partial charge is 0.350 e. The molecule has 0 saturated carbocycles. The van der Waals surface area contributed by atoms with E-state index in [0.717, 1.165) is 22.0 Å². The van der Waals surface area contributed by atoms with Crippen molar-refractivity contribution >= 4 is 33.4 Å². The van der Waals surface area contributed by atoms with Gasteiger partial charge in [0, 0.05) is 38.1 Å². The van der Waals surface area contributed by atoms with E-state index in [4.69, 9.17) is 11.6 Å². The third-order valence-electron chi connectivity index (χ3n) is 4.86. The van der Waals surface area contributed by atoms with Crippen LogP contribution in [0.15, 0.2) is 53.4 Å². The zero-order chi connectivity index (χ0) is 23.7. The second kappa shape index (κ2) is 11.9. The average molecular weight is 484 g/mol. The maximum atomic E-state index is 13.0. The average Bonchev–Trinajstić information content (AvgIpc) is 2.77. The van der Waals surface area contributed by atoms with Crippen molar-refractivity contribution < 1.29 is 22.4 Å². The Labute approximate surface area is 193 Å². The summed E-state index contributed by atoms with van der Waals surface area (Å²) in [6.07, 6.45) is 0.389. The highest BCUT2D eigenvalue weighted by atomic mass is 35.5. The molecule has 0 unspecified atom stereocenters. The summed E-state index contributed by atoms with van der Waals surface area (Å²) in [6, 6.07) is 11.7. The molecule has 2 aromatic carbocycles. The van der Waals surface area contributed by atoms with Crippen molar-refractivity contribution in [3.8, 4) is 0 Å². The Kier molecular flexibility index (Phi) is 9.61. The number of nitrogens with one attached hydrogen (secondary N) is 1. The lowest BCUT2D eigenvalue weighted by molar-refractivity contribution is -0.136. The molecule has 0 radical (unpaired) electrons. The van der Waals surface area contributed by atoms with E-state index in [0.29, 0.717) is 24.5 Å². The van der Waals surface area contributed by atoms with Gasteiger partial charge in [0.1, 0.15) is 5.82 Å². The number of amides is 2. The van der Waals surface area contributed by atoms with Crippen LogP contribution in [0.3, 0.4) is 0 Å². The lowest BCUT2D eigenvalue weighted by atomic mass is 10.2. The molecule has 0 saturated heterocycles. The van der Waals surface area contributed by atoms with Gasteiger partial charge in [-0.15, -0.1) is 0 Å². The molecule has 0 aliphatic heterocycles. The Balaban J connectivity index is 1.80. The van der Waals surface area contributed by atoms with Gasteiger partial charge in [-0.3, -0.25) is 9.59 Å². The highest BCUT2D eigenvalue weighted by Crippen LogP contribution is 2.15. The molecule has 2 aromatic rings. The fraction of sp³-hybridized carbons (Fsp3) is 0.364. The molecule has 0 aromatic heterocycles.